The summed E-state index contributed by atoms with van der Waals surface area (Å²) in [5, 5.41) is 0. The van der Waals surface area contributed by atoms with Crippen LogP contribution in [0.1, 0.15) is 18.4 Å². The molecule has 3 rings (SSSR count). The maximum absolute atomic E-state index is 12.8. The van der Waals surface area contributed by atoms with Gasteiger partial charge in [0.05, 0.1) is 18.6 Å². The van der Waals surface area contributed by atoms with Gasteiger partial charge in [-0.15, -0.1) is 0 Å². The van der Waals surface area contributed by atoms with Crippen LogP contribution in [0.15, 0.2) is 30.3 Å². The fraction of sp³-hybridized carbons (Fsp3) is 0.529. The van der Waals surface area contributed by atoms with Gasteiger partial charge in [0.15, 0.2) is 0 Å². The smallest absolute Gasteiger partial charge is 0.240 e. The number of morpholine rings is 1. The lowest BCUT2D eigenvalue weighted by molar-refractivity contribution is -0.138. The molecule has 2 saturated heterocycles. The molecule has 2 fully saturated rings. The summed E-state index contributed by atoms with van der Waals surface area (Å²) < 4.78 is 5.37. The molecule has 2 heterocycles. The monoisotopic (exact) mass is 302 g/mol. The van der Waals surface area contributed by atoms with Gasteiger partial charge in [-0.1, -0.05) is 30.3 Å². The maximum atomic E-state index is 12.8. The van der Waals surface area contributed by atoms with Crippen molar-refractivity contribution in [3.8, 4) is 0 Å². The Labute approximate surface area is 130 Å². The maximum Gasteiger partial charge on any atom is 0.240 e. The minimum Gasteiger partial charge on any atom is -0.379 e. The number of likely N-dealkylation sites (N-methyl/N-ethyl adjacent to an activating group) is 1. The largest absolute Gasteiger partial charge is 0.379 e. The lowest BCUT2D eigenvalue weighted by atomic mass is 9.76. The summed E-state index contributed by atoms with van der Waals surface area (Å²) in [4.78, 5) is 28.5. The molecule has 5 heteroatoms. The molecular weight excluding hydrogens is 280 g/mol. The van der Waals surface area contributed by atoms with Crippen molar-refractivity contribution in [2.75, 3.05) is 39.9 Å². The summed E-state index contributed by atoms with van der Waals surface area (Å²) in [7, 11) is 1.59. The lowest BCUT2D eigenvalue weighted by Crippen LogP contribution is -2.42. The number of ether oxygens (including phenoxy) is 1. The van der Waals surface area contributed by atoms with Gasteiger partial charge in [-0.3, -0.25) is 19.4 Å². The molecule has 0 N–H and O–H groups in total. The SMILES string of the molecule is CN1C(=O)CC(CCN2CCOCC2)(c2ccccc2)C1=O. The first-order valence-corrected chi connectivity index (χ1v) is 7.80. The molecular formula is C17H22N2O3. The van der Waals surface area contributed by atoms with E-state index in [1.807, 2.05) is 30.3 Å². The number of hydrogen-bond donors (Lipinski definition) is 0. The van der Waals surface area contributed by atoms with Gasteiger partial charge >= 0.3 is 0 Å². The van der Waals surface area contributed by atoms with Gasteiger partial charge < -0.3 is 4.74 Å². The molecule has 22 heavy (non-hydrogen) atoms. The van der Waals surface area contributed by atoms with E-state index in [9.17, 15) is 9.59 Å². The predicted molar refractivity (Wildman–Crippen MR) is 82.4 cm³/mol. The summed E-state index contributed by atoms with van der Waals surface area (Å²) in [6.45, 7) is 4.08. The summed E-state index contributed by atoms with van der Waals surface area (Å²) in [5.74, 6) is -0.159. The molecule has 1 aromatic carbocycles. The van der Waals surface area contributed by atoms with Crippen LogP contribution in [0.2, 0.25) is 0 Å². The van der Waals surface area contributed by atoms with Crippen LogP contribution in [-0.2, 0) is 19.7 Å². The Morgan fingerprint density at radius 2 is 1.82 bits per heavy atom. The number of carbonyl (C=O) groups excluding carboxylic acids is 2. The van der Waals surface area contributed by atoms with Gasteiger partial charge in [0.2, 0.25) is 11.8 Å². The second-order valence-electron chi connectivity index (χ2n) is 6.09. The van der Waals surface area contributed by atoms with Gasteiger partial charge in [0.1, 0.15) is 0 Å². The third kappa shape index (κ3) is 2.66. The summed E-state index contributed by atoms with van der Waals surface area (Å²) in [5.41, 5.74) is 0.247. The van der Waals surface area contributed by atoms with E-state index in [0.29, 0.717) is 6.42 Å². The number of carbonyl (C=O) groups is 2. The van der Waals surface area contributed by atoms with Gasteiger partial charge in [0, 0.05) is 26.6 Å². The zero-order valence-corrected chi connectivity index (χ0v) is 13.0. The zero-order valence-electron chi connectivity index (χ0n) is 13.0. The number of benzene rings is 1. The van der Waals surface area contributed by atoms with Crippen LogP contribution in [0.4, 0.5) is 0 Å². The topological polar surface area (TPSA) is 49.9 Å². The van der Waals surface area contributed by atoms with Crippen LogP contribution in [0.5, 0.6) is 0 Å². The Balaban J connectivity index is 1.84. The number of amides is 2. The third-order valence-corrected chi connectivity index (χ3v) is 4.83. The Hall–Kier alpha value is -1.72. The molecule has 2 aliphatic rings. The quantitative estimate of drug-likeness (QED) is 0.780. The second kappa shape index (κ2) is 6.18. The summed E-state index contributed by atoms with van der Waals surface area (Å²) in [6, 6.07) is 9.72. The molecule has 5 nitrogen and oxygen atoms in total. The van der Waals surface area contributed by atoms with Crippen molar-refractivity contribution in [3.63, 3.8) is 0 Å². The highest BCUT2D eigenvalue weighted by Crippen LogP contribution is 2.39. The van der Waals surface area contributed by atoms with Crippen molar-refractivity contribution in [2.45, 2.75) is 18.3 Å². The van der Waals surface area contributed by atoms with Gasteiger partial charge in [0.25, 0.3) is 0 Å². The highest BCUT2D eigenvalue weighted by molar-refractivity contribution is 6.08. The molecule has 1 unspecified atom stereocenters. The molecule has 0 aromatic heterocycles. The Kier molecular flexibility index (Phi) is 4.27. The molecule has 118 valence electrons. The summed E-state index contributed by atoms with van der Waals surface area (Å²) in [6.07, 6.45) is 0.947. The van der Waals surface area contributed by atoms with Gasteiger partial charge in [-0.25, -0.2) is 0 Å². The zero-order chi connectivity index (χ0) is 15.6. The number of likely N-dealkylation sites (tertiary alicyclic amines) is 1. The van der Waals surface area contributed by atoms with Crippen molar-refractivity contribution in [3.05, 3.63) is 35.9 Å². The minimum absolute atomic E-state index is 0.0723. The molecule has 0 bridgehead atoms. The van der Waals surface area contributed by atoms with E-state index in [1.165, 1.54) is 4.90 Å². The first-order valence-electron chi connectivity index (χ1n) is 7.80. The fourth-order valence-electron chi connectivity index (χ4n) is 3.38. The first kappa shape index (κ1) is 15.2. The van der Waals surface area contributed by atoms with Crippen molar-refractivity contribution < 1.29 is 14.3 Å². The van der Waals surface area contributed by atoms with Gasteiger partial charge in [-0.2, -0.15) is 0 Å². The number of imide groups is 1. The highest BCUT2D eigenvalue weighted by Gasteiger charge is 2.50. The second-order valence-corrected chi connectivity index (χ2v) is 6.09. The number of rotatable bonds is 4. The normalized spacial score (nSPS) is 26.7. The van der Waals surface area contributed by atoms with Crippen molar-refractivity contribution in [2.24, 2.45) is 0 Å². The Morgan fingerprint density at radius 3 is 2.41 bits per heavy atom. The van der Waals surface area contributed by atoms with Crippen LogP contribution in [0.3, 0.4) is 0 Å². The molecule has 1 aromatic rings. The lowest BCUT2D eigenvalue weighted by Gasteiger charge is -2.32. The third-order valence-electron chi connectivity index (χ3n) is 4.83. The van der Waals surface area contributed by atoms with Crippen LogP contribution in [0, 0.1) is 0 Å². The average molecular weight is 302 g/mol. The van der Waals surface area contributed by atoms with E-state index in [2.05, 4.69) is 4.90 Å². The molecule has 0 radical (unpaired) electrons. The molecule has 0 aliphatic carbocycles. The van der Waals surface area contributed by atoms with Crippen molar-refractivity contribution in [1.82, 2.24) is 9.80 Å². The van der Waals surface area contributed by atoms with Crippen LogP contribution < -0.4 is 0 Å². The standard InChI is InChI=1S/C17H22N2O3/c1-18-15(20)13-17(16(18)21,14-5-3-2-4-6-14)7-8-19-9-11-22-12-10-19/h2-6H,7-13H2,1H3. The first-order chi connectivity index (χ1) is 10.6. The van der Waals surface area contributed by atoms with E-state index in [0.717, 1.165) is 38.4 Å². The van der Waals surface area contributed by atoms with E-state index in [4.69, 9.17) is 4.74 Å². The van der Waals surface area contributed by atoms with Crippen molar-refractivity contribution in [1.29, 1.82) is 0 Å². The highest BCUT2D eigenvalue weighted by atomic mass is 16.5. The van der Waals surface area contributed by atoms with Gasteiger partial charge in [-0.05, 0) is 18.5 Å². The number of hydrogen-bond acceptors (Lipinski definition) is 4. The fourth-order valence-corrected chi connectivity index (χ4v) is 3.38. The van der Waals surface area contributed by atoms with E-state index >= 15 is 0 Å². The predicted octanol–water partition coefficient (Wildman–Crippen LogP) is 1.04. The van der Waals surface area contributed by atoms with E-state index in [-0.39, 0.29) is 18.2 Å². The summed E-state index contributed by atoms with van der Waals surface area (Å²) >= 11 is 0. The van der Waals surface area contributed by atoms with Crippen LogP contribution in [-0.4, -0.2) is 61.5 Å². The molecule has 0 saturated carbocycles. The number of nitrogens with zero attached hydrogens (tertiary/aromatic N) is 2. The Bertz CT molecular complexity index is 554. The molecule has 0 spiro atoms. The van der Waals surface area contributed by atoms with Crippen LogP contribution >= 0.6 is 0 Å². The Morgan fingerprint density at radius 1 is 1.14 bits per heavy atom. The molecule has 2 amide bonds. The van der Waals surface area contributed by atoms with Crippen molar-refractivity contribution >= 4 is 11.8 Å². The van der Waals surface area contributed by atoms with Crippen LogP contribution in [0.25, 0.3) is 0 Å². The molecule has 1 atom stereocenters. The molecule has 2 aliphatic heterocycles. The van der Waals surface area contributed by atoms with E-state index in [1.54, 1.807) is 7.05 Å². The minimum atomic E-state index is -0.703. The average Bonchev–Trinajstić information content (AvgIpc) is 2.80. The van der Waals surface area contributed by atoms with E-state index < -0.39 is 5.41 Å².